The molecule has 0 bridgehead atoms. The first-order chi connectivity index (χ1) is 13.0. The van der Waals surface area contributed by atoms with E-state index in [-0.39, 0.29) is 13.0 Å². The van der Waals surface area contributed by atoms with Gasteiger partial charge in [0.05, 0.1) is 12.6 Å². The summed E-state index contributed by atoms with van der Waals surface area (Å²) in [6, 6.07) is -1.13. The van der Waals surface area contributed by atoms with Gasteiger partial charge < -0.3 is 9.67 Å². The standard InChI is InChI=1S/C13H25N2O4P.4C2H6/c1-7-8-9-15(18)12(16)10(2)14(4)11(3)13(17)20(5,6)19;4*1-2/h1,10-11,13,17-18H,8-9H2,2-6H3;4*1-2H3. The van der Waals surface area contributed by atoms with Gasteiger partial charge in [0, 0.05) is 12.5 Å². The van der Waals surface area contributed by atoms with Crippen LogP contribution in [0.4, 0.5) is 0 Å². The van der Waals surface area contributed by atoms with Crippen molar-refractivity contribution in [3.05, 3.63) is 0 Å². The zero-order valence-electron chi connectivity index (χ0n) is 20.8. The smallest absolute Gasteiger partial charge is 0.262 e. The number of hydrogen-bond acceptors (Lipinski definition) is 5. The molecule has 0 saturated heterocycles. The predicted octanol–water partition coefficient (Wildman–Crippen LogP) is 4.98. The molecule has 172 valence electrons. The van der Waals surface area contributed by atoms with Gasteiger partial charge in [0.15, 0.2) is 0 Å². The molecule has 0 aromatic rings. The summed E-state index contributed by atoms with van der Waals surface area (Å²) in [5, 5.41) is 20.2. The van der Waals surface area contributed by atoms with Crippen LogP contribution in [-0.2, 0) is 9.36 Å². The number of aliphatic hydroxyl groups is 1. The molecule has 0 heterocycles. The Kier molecular flexibility index (Phi) is 32.7. The molecule has 3 unspecified atom stereocenters. The Bertz CT molecular complexity index is 419. The molecular formula is C21H49N2O4P. The SMILES string of the molecule is C#CCCN(O)C(=O)C(C)N(C)C(C)C(O)P(C)(C)=O.CC.CC.CC.CC. The molecule has 0 aromatic heterocycles. The predicted molar refractivity (Wildman–Crippen MR) is 124 cm³/mol. The van der Waals surface area contributed by atoms with Gasteiger partial charge >= 0.3 is 0 Å². The third kappa shape index (κ3) is 17.3. The molecule has 0 aliphatic heterocycles. The Morgan fingerprint density at radius 1 is 1.04 bits per heavy atom. The lowest BCUT2D eigenvalue weighted by molar-refractivity contribution is -0.171. The van der Waals surface area contributed by atoms with Crippen LogP contribution < -0.4 is 0 Å². The highest BCUT2D eigenvalue weighted by atomic mass is 31.2. The normalized spacial score (nSPS) is 12.5. The van der Waals surface area contributed by atoms with Crippen molar-refractivity contribution in [1.29, 1.82) is 0 Å². The molecule has 0 spiro atoms. The Balaban J connectivity index is -0.000000194. The highest BCUT2D eigenvalue weighted by Crippen LogP contribution is 2.43. The van der Waals surface area contributed by atoms with Crippen molar-refractivity contribution in [3.63, 3.8) is 0 Å². The molecule has 28 heavy (non-hydrogen) atoms. The second kappa shape index (κ2) is 24.2. The van der Waals surface area contributed by atoms with Gasteiger partial charge in [-0.05, 0) is 34.2 Å². The Morgan fingerprint density at radius 2 is 1.39 bits per heavy atom. The number of amides is 1. The van der Waals surface area contributed by atoms with Crippen molar-refractivity contribution in [1.82, 2.24) is 9.96 Å². The van der Waals surface area contributed by atoms with Crippen LogP contribution in [-0.4, -0.2) is 71.0 Å². The quantitative estimate of drug-likeness (QED) is 0.261. The molecule has 2 N–H and O–H groups in total. The van der Waals surface area contributed by atoms with Crippen LogP contribution in [0.15, 0.2) is 0 Å². The number of carbonyl (C=O) groups excluding carboxylic acids is 1. The maximum Gasteiger partial charge on any atom is 0.262 e. The van der Waals surface area contributed by atoms with Crippen LogP contribution in [0.3, 0.4) is 0 Å². The monoisotopic (exact) mass is 424 g/mol. The molecule has 0 saturated carbocycles. The summed E-state index contributed by atoms with van der Waals surface area (Å²) in [7, 11) is -1.04. The highest BCUT2D eigenvalue weighted by Gasteiger charge is 2.33. The van der Waals surface area contributed by atoms with Gasteiger partial charge in [-0.25, -0.2) is 5.06 Å². The fourth-order valence-corrected chi connectivity index (χ4v) is 3.00. The van der Waals surface area contributed by atoms with E-state index >= 15 is 0 Å². The van der Waals surface area contributed by atoms with Crippen molar-refractivity contribution >= 4 is 13.0 Å². The fraction of sp³-hybridized carbons (Fsp3) is 0.857. The topological polar surface area (TPSA) is 81.1 Å². The average molecular weight is 425 g/mol. The third-order valence-electron chi connectivity index (χ3n) is 3.40. The largest absolute Gasteiger partial charge is 0.384 e. The van der Waals surface area contributed by atoms with Crippen molar-refractivity contribution < 1.29 is 19.7 Å². The lowest BCUT2D eigenvalue weighted by atomic mass is 10.2. The van der Waals surface area contributed by atoms with Crippen molar-refractivity contribution in [2.24, 2.45) is 0 Å². The molecule has 0 aliphatic rings. The summed E-state index contributed by atoms with van der Waals surface area (Å²) in [5.41, 5.74) is 0. The van der Waals surface area contributed by atoms with Crippen LogP contribution in [0.25, 0.3) is 0 Å². The maximum absolute atomic E-state index is 12.0. The zero-order valence-corrected chi connectivity index (χ0v) is 21.7. The van der Waals surface area contributed by atoms with E-state index in [2.05, 4.69) is 5.92 Å². The number of hydroxylamine groups is 2. The summed E-state index contributed by atoms with van der Waals surface area (Å²) in [4.78, 5) is 13.6. The number of rotatable bonds is 7. The molecule has 7 heteroatoms. The van der Waals surface area contributed by atoms with Crippen LogP contribution in [0.5, 0.6) is 0 Å². The minimum absolute atomic E-state index is 0.0600. The highest BCUT2D eigenvalue weighted by molar-refractivity contribution is 7.62. The minimum Gasteiger partial charge on any atom is -0.384 e. The molecule has 0 aliphatic carbocycles. The van der Waals surface area contributed by atoms with Crippen molar-refractivity contribution in [3.8, 4) is 12.3 Å². The van der Waals surface area contributed by atoms with E-state index in [1.165, 1.54) is 13.3 Å². The van der Waals surface area contributed by atoms with Gasteiger partial charge in [-0.3, -0.25) is 14.9 Å². The Hall–Kier alpha value is -0.860. The lowest BCUT2D eigenvalue weighted by Gasteiger charge is -2.35. The number of terminal acetylenes is 1. The van der Waals surface area contributed by atoms with Crippen LogP contribution in [0.1, 0.15) is 75.7 Å². The van der Waals surface area contributed by atoms with Crippen LogP contribution in [0.2, 0.25) is 0 Å². The van der Waals surface area contributed by atoms with Crippen LogP contribution >= 0.6 is 7.14 Å². The average Bonchev–Trinajstić information content (AvgIpc) is 2.74. The summed E-state index contributed by atoms with van der Waals surface area (Å²) in [6.45, 7) is 22.4. The van der Waals surface area contributed by atoms with E-state index in [1.54, 1.807) is 25.8 Å². The third-order valence-corrected chi connectivity index (χ3v) is 5.11. The molecule has 3 atom stereocenters. The fourth-order valence-electron chi connectivity index (χ4n) is 1.75. The van der Waals surface area contributed by atoms with Crippen molar-refractivity contribution in [2.45, 2.75) is 93.6 Å². The summed E-state index contributed by atoms with van der Waals surface area (Å²) >= 11 is 0. The zero-order chi connectivity index (χ0) is 24.1. The first-order valence-corrected chi connectivity index (χ1v) is 13.1. The summed E-state index contributed by atoms with van der Waals surface area (Å²) in [5.74, 6) is 0.801. The first-order valence-electron chi connectivity index (χ1n) is 10.4. The van der Waals surface area contributed by atoms with Gasteiger partial charge in [-0.15, -0.1) is 12.3 Å². The van der Waals surface area contributed by atoms with Gasteiger partial charge in [-0.2, -0.15) is 0 Å². The Labute approximate surface area is 176 Å². The summed E-state index contributed by atoms with van der Waals surface area (Å²) < 4.78 is 11.9. The molecule has 0 rings (SSSR count). The number of nitrogens with zero attached hydrogens (tertiary/aromatic N) is 2. The Morgan fingerprint density at radius 3 is 1.68 bits per heavy atom. The van der Waals surface area contributed by atoms with Crippen LogP contribution in [0, 0.1) is 12.3 Å². The molecule has 0 fully saturated rings. The van der Waals surface area contributed by atoms with Gasteiger partial charge in [0.25, 0.3) is 5.91 Å². The van der Waals surface area contributed by atoms with E-state index in [4.69, 9.17) is 6.42 Å². The molecular weight excluding hydrogens is 375 g/mol. The van der Waals surface area contributed by atoms with Gasteiger partial charge in [0.1, 0.15) is 13.0 Å². The van der Waals surface area contributed by atoms with Crippen molar-refractivity contribution in [2.75, 3.05) is 26.9 Å². The van der Waals surface area contributed by atoms with E-state index in [9.17, 15) is 19.7 Å². The molecule has 0 aromatic carbocycles. The second-order valence-electron chi connectivity index (χ2n) is 5.35. The van der Waals surface area contributed by atoms with E-state index < -0.39 is 31.0 Å². The molecule has 0 radical (unpaired) electrons. The number of carbonyl (C=O) groups is 1. The summed E-state index contributed by atoms with van der Waals surface area (Å²) in [6.07, 6.45) is 5.33. The molecule has 6 nitrogen and oxygen atoms in total. The second-order valence-corrected chi connectivity index (χ2v) is 8.74. The number of likely N-dealkylation sites (N-methyl/N-ethyl adjacent to an activating group) is 1. The van der Waals surface area contributed by atoms with E-state index in [0.29, 0.717) is 5.06 Å². The first kappa shape index (κ1) is 37.8. The van der Waals surface area contributed by atoms with Gasteiger partial charge in [-0.1, -0.05) is 55.4 Å². The van der Waals surface area contributed by atoms with E-state index in [1.807, 2.05) is 55.4 Å². The maximum atomic E-state index is 12.0. The molecule has 1 amide bonds. The number of hydrogen-bond donors (Lipinski definition) is 2. The van der Waals surface area contributed by atoms with Gasteiger partial charge in [0.2, 0.25) is 0 Å². The number of aliphatic hydroxyl groups excluding tert-OH is 1. The minimum atomic E-state index is -2.68. The van der Waals surface area contributed by atoms with E-state index in [0.717, 1.165) is 0 Å². The lowest BCUT2D eigenvalue weighted by Crippen LogP contribution is -2.50.